The summed E-state index contributed by atoms with van der Waals surface area (Å²) in [5, 5.41) is 5.43. The first kappa shape index (κ1) is 19.0. The molecule has 2 amide bonds. The Hall–Kier alpha value is -2.38. The summed E-state index contributed by atoms with van der Waals surface area (Å²) in [6.07, 6.45) is 0. The van der Waals surface area contributed by atoms with Crippen molar-refractivity contribution >= 4 is 21.7 Å². The number of sulfonamides is 1. The van der Waals surface area contributed by atoms with Gasteiger partial charge in [-0.25, -0.2) is 17.9 Å². The van der Waals surface area contributed by atoms with Crippen LogP contribution < -0.4 is 15.4 Å². The predicted octanol–water partition coefficient (Wildman–Crippen LogP) is 3.00. The van der Waals surface area contributed by atoms with Gasteiger partial charge in [0.2, 0.25) is 10.0 Å². The van der Waals surface area contributed by atoms with Gasteiger partial charge in [-0.05, 0) is 50.6 Å². The van der Waals surface area contributed by atoms with Crippen LogP contribution in [0, 0.1) is 6.92 Å². The van der Waals surface area contributed by atoms with E-state index < -0.39 is 10.0 Å². The van der Waals surface area contributed by atoms with Gasteiger partial charge in [-0.15, -0.1) is 0 Å². The van der Waals surface area contributed by atoms with Crippen LogP contribution in [-0.4, -0.2) is 20.5 Å². The Morgan fingerprint density at radius 2 is 1.60 bits per heavy atom. The molecule has 0 saturated heterocycles. The largest absolute Gasteiger partial charge is 0.334 e. The second kappa shape index (κ2) is 8.13. The van der Waals surface area contributed by atoms with E-state index in [2.05, 4.69) is 15.4 Å². The van der Waals surface area contributed by atoms with Crippen LogP contribution in [0.3, 0.4) is 0 Å². The van der Waals surface area contributed by atoms with Crippen molar-refractivity contribution in [3.8, 4) is 0 Å². The van der Waals surface area contributed by atoms with Gasteiger partial charge in [-0.3, -0.25) is 0 Å². The van der Waals surface area contributed by atoms with E-state index in [4.69, 9.17) is 0 Å². The summed E-state index contributed by atoms with van der Waals surface area (Å²) in [7, 11) is -3.53. The lowest BCUT2D eigenvalue weighted by atomic mass is 10.1. The fourth-order valence-electron chi connectivity index (χ4n) is 2.16. The molecule has 0 atom stereocenters. The summed E-state index contributed by atoms with van der Waals surface area (Å²) < 4.78 is 26.6. The van der Waals surface area contributed by atoms with Gasteiger partial charge in [0.15, 0.2) is 0 Å². The fourth-order valence-corrected chi connectivity index (χ4v) is 3.41. The molecule has 0 aliphatic carbocycles. The Morgan fingerprint density at radius 1 is 1.00 bits per heavy atom. The molecule has 7 heteroatoms. The molecule has 2 aromatic carbocycles. The Bertz CT molecular complexity index is 814. The van der Waals surface area contributed by atoms with Gasteiger partial charge in [0.25, 0.3) is 0 Å². The minimum Gasteiger partial charge on any atom is -0.334 e. The first-order valence-electron chi connectivity index (χ1n) is 7.99. The predicted molar refractivity (Wildman–Crippen MR) is 98.9 cm³/mol. The van der Waals surface area contributed by atoms with Gasteiger partial charge in [-0.1, -0.05) is 29.8 Å². The molecule has 2 aromatic rings. The standard InChI is InChI=1S/C18H23N3O3S/c1-13(2)21-25(23,24)17-10-8-16(9-11-17)20-18(22)19-12-15-6-4-14(3)5-7-15/h4-11,13,21H,12H2,1-3H3,(H2,19,20,22). The van der Waals surface area contributed by atoms with E-state index in [1.165, 1.54) is 12.1 Å². The molecule has 0 aliphatic heterocycles. The number of amides is 2. The highest BCUT2D eigenvalue weighted by Gasteiger charge is 2.15. The van der Waals surface area contributed by atoms with Crippen LogP contribution in [0.2, 0.25) is 0 Å². The first-order chi connectivity index (χ1) is 11.8. The van der Waals surface area contributed by atoms with Crippen molar-refractivity contribution in [2.75, 3.05) is 5.32 Å². The molecule has 2 rings (SSSR count). The summed E-state index contributed by atoms with van der Waals surface area (Å²) in [5.74, 6) is 0. The molecule has 0 radical (unpaired) electrons. The molecule has 0 bridgehead atoms. The maximum absolute atomic E-state index is 12.0. The van der Waals surface area contributed by atoms with Crippen molar-refractivity contribution in [2.24, 2.45) is 0 Å². The van der Waals surface area contributed by atoms with Gasteiger partial charge in [0.05, 0.1) is 4.90 Å². The van der Waals surface area contributed by atoms with Crippen LogP contribution >= 0.6 is 0 Å². The Morgan fingerprint density at radius 3 is 2.16 bits per heavy atom. The van der Waals surface area contributed by atoms with Gasteiger partial charge >= 0.3 is 6.03 Å². The summed E-state index contributed by atoms with van der Waals surface area (Å²) in [6.45, 7) is 5.93. The average Bonchev–Trinajstić information content (AvgIpc) is 2.54. The lowest BCUT2D eigenvalue weighted by Gasteiger charge is -2.11. The molecule has 134 valence electrons. The zero-order chi connectivity index (χ0) is 18.4. The number of benzene rings is 2. The van der Waals surface area contributed by atoms with E-state index >= 15 is 0 Å². The van der Waals surface area contributed by atoms with Crippen molar-refractivity contribution in [1.82, 2.24) is 10.0 Å². The van der Waals surface area contributed by atoms with Crippen LogP contribution in [0.25, 0.3) is 0 Å². The minimum absolute atomic E-state index is 0.159. The van der Waals surface area contributed by atoms with E-state index in [-0.39, 0.29) is 17.0 Å². The summed E-state index contributed by atoms with van der Waals surface area (Å²) in [5.41, 5.74) is 2.68. The summed E-state index contributed by atoms with van der Waals surface area (Å²) >= 11 is 0. The van der Waals surface area contributed by atoms with E-state index in [1.807, 2.05) is 31.2 Å². The number of carbonyl (C=O) groups excluding carboxylic acids is 1. The van der Waals surface area contributed by atoms with Gasteiger partial charge in [0, 0.05) is 18.3 Å². The number of anilines is 1. The van der Waals surface area contributed by atoms with Gasteiger partial charge in [0.1, 0.15) is 0 Å². The molecule has 6 nitrogen and oxygen atoms in total. The highest BCUT2D eigenvalue weighted by molar-refractivity contribution is 7.89. The highest BCUT2D eigenvalue weighted by Crippen LogP contribution is 2.14. The Labute approximate surface area is 148 Å². The third-order valence-electron chi connectivity index (χ3n) is 3.39. The number of hydrogen-bond acceptors (Lipinski definition) is 3. The molecular formula is C18H23N3O3S. The lowest BCUT2D eigenvalue weighted by Crippen LogP contribution is -2.30. The monoisotopic (exact) mass is 361 g/mol. The number of urea groups is 1. The summed E-state index contributed by atoms with van der Waals surface area (Å²) in [6, 6.07) is 13.4. The fraction of sp³-hybridized carbons (Fsp3) is 0.278. The molecular weight excluding hydrogens is 338 g/mol. The zero-order valence-corrected chi connectivity index (χ0v) is 15.4. The number of carbonyl (C=O) groups is 1. The van der Waals surface area contributed by atoms with Gasteiger partial charge < -0.3 is 10.6 Å². The third kappa shape index (κ3) is 5.88. The van der Waals surface area contributed by atoms with Crippen molar-refractivity contribution in [3.63, 3.8) is 0 Å². The molecule has 0 aliphatic rings. The Kier molecular flexibility index (Phi) is 6.17. The van der Waals surface area contributed by atoms with Crippen LogP contribution in [0.5, 0.6) is 0 Å². The molecule has 0 aromatic heterocycles. The second-order valence-electron chi connectivity index (χ2n) is 6.09. The molecule has 0 spiro atoms. The maximum atomic E-state index is 12.0. The molecule has 0 heterocycles. The van der Waals surface area contributed by atoms with E-state index in [0.717, 1.165) is 11.1 Å². The van der Waals surface area contributed by atoms with Crippen molar-refractivity contribution < 1.29 is 13.2 Å². The molecule has 0 fully saturated rings. The molecule has 0 unspecified atom stereocenters. The normalized spacial score (nSPS) is 11.4. The number of aryl methyl sites for hydroxylation is 1. The van der Waals surface area contributed by atoms with Crippen LogP contribution in [0.1, 0.15) is 25.0 Å². The van der Waals surface area contributed by atoms with Crippen molar-refractivity contribution in [3.05, 3.63) is 59.7 Å². The number of hydrogen-bond donors (Lipinski definition) is 3. The van der Waals surface area contributed by atoms with Crippen molar-refractivity contribution in [2.45, 2.75) is 38.3 Å². The van der Waals surface area contributed by atoms with E-state index in [9.17, 15) is 13.2 Å². The minimum atomic E-state index is -3.53. The van der Waals surface area contributed by atoms with E-state index in [1.54, 1.807) is 26.0 Å². The zero-order valence-electron chi connectivity index (χ0n) is 14.5. The van der Waals surface area contributed by atoms with Crippen LogP contribution in [0.4, 0.5) is 10.5 Å². The Balaban J connectivity index is 1.92. The average molecular weight is 361 g/mol. The highest BCUT2D eigenvalue weighted by atomic mass is 32.2. The molecule has 25 heavy (non-hydrogen) atoms. The first-order valence-corrected chi connectivity index (χ1v) is 9.47. The number of rotatable bonds is 6. The maximum Gasteiger partial charge on any atom is 0.319 e. The smallest absolute Gasteiger partial charge is 0.319 e. The topological polar surface area (TPSA) is 87.3 Å². The molecule has 3 N–H and O–H groups in total. The van der Waals surface area contributed by atoms with Crippen LogP contribution in [-0.2, 0) is 16.6 Å². The third-order valence-corrected chi connectivity index (χ3v) is 5.06. The second-order valence-corrected chi connectivity index (χ2v) is 7.81. The quantitative estimate of drug-likeness (QED) is 0.739. The number of nitrogens with one attached hydrogen (secondary N) is 3. The van der Waals surface area contributed by atoms with Crippen molar-refractivity contribution in [1.29, 1.82) is 0 Å². The van der Waals surface area contributed by atoms with E-state index in [0.29, 0.717) is 12.2 Å². The molecule has 0 saturated carbocycles. The van der Waals surface area contributed by atoms with Gasteiger partial charge in [-0.2, -0.15) is 0 Å². The lowest BCUT2D eigenvalue weighted by molar-refractivity contribution is 0.251. The van der Waals surface area contributed by atoms with Crippen LogP contribution in [0.15, 0.2) is 53.4 Å². The summed E-state index contributed by atoms with van der Waals surface area (Å²) in [4.78, 5) is 12.1. The SMILES string of the molecule is Cc1ccc(CNC(=O)Nc2ccc(S(=O)(=O)NC(C)C)cc2)cc1.